The van der Waals surface area contributed by atoms with Crippen molar-refractivity contribution in [1.29, 1.82) is 0 Å². The molecule has 0 fully saturated rings. The molecule has 25 heavy (non-hydrogen) atoms. The molecule has 3 nitrogen and oxygen atoms in total. The standard InChI is InChI=1S/C22H27N3/c1-17(7-5-6-10-18-8-3-2-4-9-18)25-16-19-11-12-21-20(15-19)13-14-24-22(21)23/h2-4,8-9,11-15,17,25H,5-7,10,16H2,1H3,(H2,23,24)/t17-/m1/s1. The van der Waals surface area contributed by atoms with Crippen LogP contribution in [0.2, 0.25) is 0 Å². The lowest BCUT2D eigenvalue weighted by Crippen LogP contribution is -2.25. The number of nitrogen functional groups attached to an aromatic ring is 1. The number of nitrogens with two attached hydrogens (primary N) is 1. The molecule has 3 heteroatoms. The molecular formula is C22H27N3. The smallest absolute Gasteiger partial charge is 0.131 e. The number of pyridine rings is 1. The zero-order valence-electron chi connectivity index (χ0n) is 14.9. The number of benzene rings is 2. The molecule has 0 aliphatic heterocycles. The number of anilines is 1. The molecule has 0 bridgehead atoms. The molecule has 130 valence electrons. The van der Waals surface area contributed by atoms with E-state index < -0.39 is 0 Å². The summed E-state index contributed by atoms with van der Waals surface area (Å²) in [6.45, 7) is 3.16. The highest BCUT2D eigenvalue weighted by molar-refractivity contribution is 5.91. The van der Waals surface area contributed by atoms with Gasteiger partial charge in [0.15, 0.2) is 0 Å². The molecule has 0 aliphatic rings. The Hall–Kier alpha value is -2.39. The fourth-order valence-corrected chi connectivity index (χ4v) is 3.18. The lowest BCUT2D eigenvalue weighted by atomic mass is 10.0. The van der Waals surface area contributed by atoms with Crippen LogP contribution in [-0.2, 0) is 13.0 Å². The molecule has 3 rings (SSSR count). The second-order valence-electron chi connectivity index (χ2n) is 6.77. The Labute approximate surface area is 150 Å². The molecule has 0 saturated heterocycles. The van der Waals surface area contributed by atoms with Gasteiger partial charge in [0, 0.05) is 24.2 Å². The molecule has 0 radical (unpaired) electrons. The quantitative estimate of drug-likeness (QED) is 0.587. The van der Waals surface area contributed by atoms with Gasteiger partial charge < -0.3 is 11.1 Å². The second kappa shape index (κ2) is 8.63. The Morgan fingerprint density at radius 2 is 1.84 bits per heavy atom. The first-order valence-electron chi connectivity index (χ1n) is 9.13. The van der Waals surface area contributed by atoms with E-state index in [0.717, 1.165) is 17.3 Å². The Bertz CT molecular complexity index is 799. The molecule has 0 spiro atoms. The van der Waals surface area contributed by atoms with Crippen LogP contribution in [0.1, 0.15) is 37.3 Å². The van der Waals surface area contributed by atoms with Crippen molar-refractivity contribution in [3.63, 3.8) is 0 Å². The molecule has 0 saturated carbocycles. The highest BCUT2D eigenvalue weighted by Gasteiger charge is 2.04. The van der Waals surface area contributed by atoms with Gasteiger partial charge in [-0.2, -0.15) is 0 Å². The van der Waals surface area contributed by atoms with Crippen LogP contribution in [0.25, 0.3) is 10.8 Å². The molecule has 0 amide bonds. The van der Waals surface area contributed by atoms with Gasteiger partial charge in [0.1, 0.15) is 5.82 Å². The van der Waals surface area contributed by atoms with Gasteiger partial charge in [0.25, 0.3) is 0 Å². The average Bonchev–Trinajstić information content (AvgIpc) is 2.64. The van der Waals surface area contributed by atoms with Crippen LogP contribution < -0.4 is 11.1 Å². The number of hydrogen-bond acceptors (Lipinski definition) is 3. The van der Waals surface area contributed by atoms with Crippen molar-refractivity contribution in [1.82, 2.24) is 10.3 Å². The number of unbranched alkanes of at least 4 members (excludes halogenated alkanes) is 1. The molecule has 1 aromatic heterocycles. The number of fused-ring (bicyclic) bond motifs is 1. The Kier molecular flexibility index (Phi) is 6.02. The van der Waals surface area contributed by atoms with Crippen LogP contribution in [0.15, 0.2) is 60.8 Å². The summed E-state index contributed by atoms with van der Waals surface area (Å²) in [7, 11) is 0. The van der Waals surface area contributed by atoms with Crippen LogP contribution in [-0.4, -0.2) is 11.0 Å². The average molecular weight is 333 g/mol. The van der Waals surface area contributed by atoms with Gasteiger partial charge in [0.05, 0.1) is 0 Å². The van der Waals surface area contributed by atoms with E-state index in [1.807, 2.05) is 6.07 Å². The molecule has 1 heterocycles. The third-order valence-electron chi connectivity index (χ3n) is 4.71. The molecule has 3 N–H and O–H groups in total. The molecule has 0 aliphatic carbocycles. The van der Waals surface area contributed by atoms with Crippen molar-refractivity contribution >= 4 is 16.6 Å². The summed E-state index contributed by atoms with van der Waals surface area (Å²) in [5.74, 6) is 0.601. The lowest BCUT2D eigenvalue weighted by Gasteiger charge is -2.14. The number of hydrogen-bond donors (Lipinski definition) is 2. The maximum Gasteiger partial charge on any atom is 0.131 e. The van der Waals surface area contributed by atoms with Gasteiger partial charge >= 0.3 is 0 Å². The Morgan fingerprint density at radius 1 is 1.00 bits per heavy atom. The summed E-state index contributed by atoms with van der Waals surface area (Å²) >= 11 is 0. The number of nitrogens with zero attached hydrogens (tertiary/aromatic N) is 1. The normalized spacial score (nSPS) is 12.4. The maximum atomic E-state index is 5.91. The van der Waals surface area contributed by atoms with Crippen molar-refractivity contribution < 1.29 is 0 Å². The van der Waals surface area contributed by atoms with E-state index in [0.29, 0.717) is 11.9 Å². The summed E-state index contributed by atoms with van der Waals surface area (Å²) in [5, 5.41) is 5.81. The van der Waals surface area contributed by atoms with Crippen LogP contribution in [0.5, 0.6) is 0 Å². The third kappa shape index (κ3) is 5.04. The zero-order valence-corrected chi connectivity index (χ0v) is 14.9. The highest BCUT2D eigenvalue weighted by atomic mass is 14.9. The van der Waals surface area contributed by atoms with E-state index >= 15 is 0 Å². The van der Waals surface area contributed by atoms with Crippen LogP contribution in [0, 0.1) is 0 Å². The minimum Gasteiger partial charge on any atom is -0.383 e. The first-order chi connectivity index (χ1) is 12.2. The van der Waals surface area contributed by atoms with Crippen LogP contribution >= 0.6 is 0 Å². The molecule has 3 aromatic rings. The van der Waals surface area contributed by atoms with Gasteiger partial charge in [-0.15, -0.1) is 0 Å². The fourth-order valence-electron chi connectivity index (χ4n) is 3.18. The molecule has 1 atom stereocenters. The number of aryl methyl sites for hydroxylation is 1. The van der Waals surface area contributed by atoms with Crippen LogP contribution in [0.3, 0.4) is 0 Å². The first-order valence-corrected chi connectivity index (χ1v) is 9.13. The number of rotatable bonds is 8. The molecular weight excluding hydrogens is 306 g/mol. The van der Waals surface area contributed by atoms with E-state index in [9.17, 15) is 0 Å². The Balaban J connectivity index is 1.42. The lowest BCUT2D eigenvalue weighted by molar-refractivity contribution is 0.489. The summed E-state index contributed by atoms with van der Waals surface area (Å²) < 4.78 is 0. The second-order valence-corrected chi connectivity index (χ2v) is 6.77. The zero-order chi connectivity index (χ0) is 17.5. The molecule has 2 aromatic carbocycles. The number of nitrogens with one attached hydrogen (secondary N) is 1. The van der Waals surface area contributed by atoms with E-state index in [1.54, 1.807) is 6.20 Å². The van der Waals surface area contributed by atoms with Gasteiger partial charge in [-0.05, 0) is 54.8 Å². The SMILES string of the molecule is C[C@H](CCCCc1ccccc1)NCc1ccc2c(N)nccc2c1. The van der Waals surface area contributed by atoms with Gasteiger partial charge in [0.2, 0.25) is 0 Å². The summed E-state index contributed by atoms with van der Waals surface area (Å²) in [6, 6.07) is 19.7. The predicted octanol–water partition coefficient (Wildman–Crippen LogP) is 4.71. The van der Waals surface area contributed by atoms with E-state index in [4.69, 9.17) is 5.73 Å². The monoisotopic (exact) mass is 333 g/mol. The van der Waals surface area contributed by atoms with Gasteiger partial charge in [-0.1, -0.05) is 48.9 Å². The van der Waals surface area contributed by atoms with Gasteiger partial charge in [-0.3, -0.25) is 0 Å². The van der Waals surface area contributed by atoms with E-state index in [1.165, 1.54) is 36.8 Å². The van der Waals surface area contributed by atoms with Crippen molar-refractivity contribution in [3.05, 3.63) is 71.9 Å². The topological polar surface area (TPSA) is 50.9 Å². The van der Waals surface area contributed by atoms with E-state index in [-0.39, 0.29) is 0 Å². The minimum atomic E-state index is 0.522. The predicted molar refractivity (Wildman–Crippen MR) is 106 cm³/mol. The minimum absolute atomic E-state index is 0.522. The van der Waals surface area contributed by atoms with Crippen molar-refractivity contribution in [2.45, 2.75) is 45.2 Å². The Morgan fingerprint density at radius 3 is 2.68 bits per heavy atom. The third-order valence-corrected chi connectivity index (χ3v) is 4.71. The fraction of sp³-hybridized carbons (Fsp3) is 0.318. The first kappa shape index (κ1) is 17.4. The summed E-state index contributed by atoms with van der Waals surface area (Å²) in [6.07, 6.45) is 6.65. The van der Waals surface area contributed by atoms with Crippen molar-refractivity contribution in [2.24, 2.45) is 0 Å². The van der Waals surface area contributed by atoms with Crippen molar-refractivity contribution in [2.75, 3.05) is 5.73 Å². The van der Waals surface area contributed by atoms with E-state index in [2.05, 4.69) is 65.8 Å². The van der Waals surface area contributed by atoms with Crippen molar-refractivity contribution in [3.8, 4) is 0 Å². The molecule has 0 unspecified atom stereocenters. The van der Waals surface area contributed by atoms with Crippen LogP contribution in [0.4, 0.5) is 5.82 Å². The summed E-state index contributed by atoms with van der Waals surface area (Å²) in [4.78, 5) is 4.14. The highest BCUT2D eigenvalue weighted by Crippen LogP contribution is 2.20. The largest absolute Gasteiger partial charge is 0.383 e. The number of aromatic nitrogens is 1. The maximum absolute atomic E-state index is 5.91. The van der Waals surface area contributed by atoms with Gasteiger partial charge in [-0.25, -0.2) is 4.98 Å². The summed E-state index contributed by atoms with van der Waals surface area (Å²) in [5.41, 5.74) is 8.64.